The van der Waals surface area contributed by atoms with E-state index in [-0.39, 0.29) is 11.6 Å². The van der Waals surface area contributed by atoms with E-state index < -0.39 is 21.1 Å². The third-order valence-corrected chi connectivity index (χ3v) is 6.01. The SMILES string of the molecule is [C-]#[N+]C=C(c1cccc(F)c1)c1ccc2nc(N)n(S(=O)(=O)C(C)C)c2n1. The van der Waals surface area contributed by atoms with E-state index in [0.29, 0.717) is 22.3 Å². The van der Waals surface area contributed by atoms with Crippen LogP contribution in [0.15, 0.2) is 42.6 Å². The van der Waals surface area contributed by atoms with Crippen LogP contribution in [0.2, 0.25) is 0 Å². The molecule has 0 radical (unpaired) electrons. The van der Waals surface area contributed by atoms with Crippen molar-refractivity contribution in [3.05, 3.63) is 71.1 Å². The standard InChI is InChI=1S/C18H16FN5O2S/c1-11(2)27(25,26)24-17-16(23-18(24)20)8-7-15(22-17)14(10-21-3)12-5-4-6-13(19)9-12/h4-11H,1-2H3,(H2,20,23). The number of rotatable bonds is 4. The van der Waals surface area contributed by atoms with E-state index in [1.807, 2.05) is 0 Å². The van der Waals surface area contributed by atoms with Crippen molar-refractivity contribution in [3.8, 4) is 0 Å². The average molecular weight is 385 g/mol. The molecule has 0 aliphatic heterocycles. The number of imidazole rings is 1. The van der Waals surface area contributed by atoms with Crippen LogP contribution < -0.4 is 5.73 Å². The van der Waals surface area contributed by atoms with Gasteiger partial charge in [0.05, 0.1) is 17.5 Å². The Kier molecular flexibility index (Phi) is 4.68. The lowest BCUT2D eigenvalue weighted by molar-refractivity contribution is 0.580. The van der Waals surface area contributed by atoms with Crippen molar-refractivity contribution in [2.24, 2.45) is 0 Å². The van der Waals surface area contributed by atoms with E-state index in [1.54, 1.807) is 18.2 Å². The van der Waals surface area contributed by atoms with Crippen molar-refractivity contribution >= 4 is 32.7 Å². The predicted molar refractivity (Wildman–Crippen MR) is 101 cm³/mol. The Hall–Kier alpha value is -3.25. The highest BCUT2D eigenvalue weighted by atomic mass is 32.2. The normalized spacial score (nSPS) is 12.5. The first-order valence-electron chi connectivity index (χ1n) is 7.98. The summed E-state index contributed by atoms with van der Waals surface area (Å²) in [5, 5.41) is -0.732. The molecule has 0 saturated heterocycles. The van der Waals surface area contributed by atoms with Crippen molar-refractivity contribution in [1.29, 1.82) is 0 Å². The van der Waals surface area contributed by atoms with E-state index in [0.717, 1.165) is 3.97 Å². The Balaban J connectivity index is 2.27. The first-order chi connectivity index (χ1) is 12.8. The average Bonchev–Trinajstić information content (AvgIpc) is 2.95. The highest BCUT2D eigenvalue weighted by Crippen LogP contribution is 2.27. The molecule has 0 aliphatic rings. The molecule has 138 valence electrons. The zero-order valence-electron chi connectivity index (χ0n) is 14.6. The minimum atomic E-state index is -3.79. The number of nitrogen functional groups attached to an aromatic ring is 1. The van der Waals surface area contributed by atoms with E-state index in [4.69, 9.17) is 12.3 Å². The zero-order valence-corrected chi connectivity index (χ0v) is 15.4. The number of pyridine rings is 1. The highest BCUT2D eigenvalue weighted by molar-refractivity contribution is 7.90. The lowest BCUT2D eigenvalue weighted by Crippen LogP contribution is -2.24. The number of aromatic nitrogens is 3. The van der Waals surface area contributed by atoms with Gasteiger partial charge in [0.2, 0.25) is 16.0 Å². The number of halogens is 1. The maximum absolute atomic E-state index is 13.6. The summed E-state index contributed by atoms with van der Waals surface area (Å²) in [6.45, 7) is 10.2. The molecule has 2 heterocycles. The molecule has 3 aromatic rings. The molecule has 2 aromatic heterocycles. The van der Waals surface area contributed by atoms with Crippen LogP contribution in [0.1, 0.15) is 25.1 Å². The summed E-state index contributed by atoms with van der Waals surface area (Å²) >= 11 is 0. The van der Waals surface area contributed by atoms with Gasteiger partial charge in [-0.3, -0.25) is 0 Å². The Morgan fingerprint density at radius 3 is 2.67 bits per heavy atom. The van der Waals surface area contributed by atoms with Gasteiger partial charge in [-0.1, -0.05) is 12.1 Å². The smallest absolute Gasteiger partial charge is 0.245 e. The number of nitrogens with two attached hydrogens (primary N) is 1. The minimum absolute atomic E-state index is 0.0611. The quantitative estimate of drug-likeness (QED) is 0.697. The molecule has 0 aliphatic carbocycles. The number of anilines is 1. The van der Waals surface area contributed by atoms with Crippen molar-refractivity contribution < 1.29 is 12.8 Å². The fourth-order valence-corrected chi connectivity index (χ4v) is 3.67. The van der Waals surface area contributed by atoms with Crippen LogP contribution in [0, 0.1) is 12.4 Å². The van der Waals surface area contributed by atoms with Crippen LogP contribution in [-0.2, 0) is 10.0 Å². The number of nitrogens with zero attached hydrogens (tertiary/aromatic N) is 4. The lowest BCUT2D eigenvalue weighted by Gasteiger charge is -2.11. The van der Waals surface area contributed by atoms with E-state index in [2.05, 4.69) is 14.8 Å². The van der Waals surface area contributed by atoms with Crippen molar-refractivity contribution in [2.75, 3.05) is 5.73 Å². The summed E-state index contributed by atoms with van der Waals surface area (Å²) in [5.41, 5.74) is 7.30. The first kappa shape index (κ1) is 18.5. The molecule has 27 heavy (non-hydrogen) atoms. The second kappa shape index (κ2) is 6.81. The fraction of sp³-hybridized carbons (Fsp3) is 0.167. The molecule has 2 N–H and O–H groups in total. The van der Waals surface area contributed by atoms with Crippen molar-refractivity contribution in [1.82, 2.24) is 13.9 Å². The van der Waals surface area contributed by atoms with Crippen LogP contribution in [0.5, 0.6) is 0 Å². The molecule has 7 nitrogen and oxygen atoms in total. The summed E-state index contributed by atoms with van der Waals surface area (Å²) in [6.07, 6.45) is 1.21. The van der Waals surface area contributed by atoms with Crippen molar-refractivity contribution in [2.45, 2.75) is 19.1 Å². The van der Waals surface area contributed by atoms with Crippen LogP contribution in [-0.4, -0.2) is 27.6 Å². The monoisotopic (exact) mass is 385 g/mol. The molecular weight excluding hydrogens is 369 g/mol. The topological polar surface area (TPSA) is 95.2 Å². The second-order valence-electron chi connectivity index (χ2n) is 6.05. The Morgan fingerprint density at radius 2 is 2.04 bits per heavy atom. The summed E-state index contributed by atoms with van der Waals surface area (Å²) < 4.78 is 39.8. The van der Waals surface area contributed by atoms with Gasteiger partial charge >= 0.3 is 0 Å². The summed E-state index contributed by atoms with van der Waals surface area (Å²) in [7, 11) is -3.79. The van der Waals surface area contributed by atoms with Gasteiger partial charge in [-0.2, -0.15) is 3.97 Å². The third kappa shape index (κ3) is 3.27. The second-order valence-corrected chi connectivity index (χ2v) is 8.39. The van der Waals surface area contributed by atoms with Gasteiger partial charge < -0.3 is 5.73 Å². The molecule has 0 fully saturated rings. The molecule has 0 bridgehead atoms. The van der Waals surface area contributed by atoms with Gasteiger partial charge in [-0.25, -0.2) is 27.6 Å². The third-order valence-electron chi connectivity index (χ3n) is 3.95. The van der Waals surface area contributed by atoms with E-state index >= 15 is 0 Å². The van der Waals surface area contributed by atoms with Crippen LogP contribution in [0.25, 0.3) is 21.6 Å². The van der Waals surface area contributed by atoms with Crippen molar-refractivity contribution in [3.63, 3.8) is 0 Å². The molecule has 0 atom stereocenters. The van der Waals surface area contributed by atoms with Gasteiger partial charge in [0.1, 0.15) is 11.3 Å². The van der Waals surface area contributed by atoms with Crippen LogP contribution in [0.4, 0.5) is 10.3 Å². The molecule has 0 amide bonds. The summed E-state index contributed by atoms with van der Waals surface area (Å²) in [6, 6.07) is 8.88. The maximum atomic E-state index is 13.6. The number of hydrogen-bond donors (Lipinski definition) is 1. The van der Waals surface area contributed by atoms with Gasteiger partial charge in [0, 0.05) is 5.57 Å². The largest absolute Gasteiger partial charge is 0.368 e. The van der Waals surface area contributed by atoms with E-state index in [9.17, 15) is 12.8 Å². The Labute approximate surface area is 155 Å². The van der Waals surface area contributed by atoms with E-state index in [1.165, 1.54) is 38.2 Å². The lowest BCUT2D eigenvalue weighted by atomic mass is 10.0. The molecule has 3 rings (SSSR count). The van der Waals surface area contributed by atoms with Gasteiger partial charge in [-0.05, 0) is 43.7 Å². The molecule has 0 saturated carbocycles. The number of fused-ring (bicyclic) bond motifs is 1. The Bertz CT molecular complexity index is 1210. The highest BCUT2D eigenvalue weighted by Gasteiger charge is 2.25. The summed E-state index contributed by atoms with van der Waals surface area (Å²) in [5.74, 6) is -0.647. The fourth-order valence-electron chi connectivity index (χ4n) is 2.58. The molecule has 0 spiro atoms. The summed E-state index contributed by atoms with van der Waals surface area (Å²) in [4.78, 5) is 11.7. The molecule has 0 unspecified atom stereocenters. The zero-order chi connectivity index (χ0) is 19.8. The minimum Gasteiger partial charge on any atom is -0.368 e. The van der Waals surface area contributed by atoms with Gasteiger partial charge in [-0.15, -0.1) is 0 Å². The van der Waals surface area contributed by atoms with Crippen LogP contribution >= 0.6 is 0 Å². The van der Waals surface area contributed by atoms with Gasteiger partial charge in [0.15, 0.2) is 11.8 Å². The van der Waals surface area contributed by atoms with Gasteiger partial charge in [0.25, 0.3) is 0 Å². The first-order valence-corrected chi connectivity index (χ1v) is 9.48. The molecule has 9 heteroatoms. The van der Waals surface area contributed by atoms with Crippen LogP contribution in [0.3, 0.4) is 0 Å². The molecular formula is C18H16FN5O2S. The predicted octanol–water partition coefficient (Wildman–Crippen LogP) is 3.05. The number of benzene rings is 1. The Morgan fingerprint density at radius 1 is 1.30 bits per heavy atom. The maximum Gasteiger partial charge on any atom is 0.245 e. The molecule has 1 aromatic carbocycles. The number of hydrogen-bond acceptors (Lipinski definition) is 5.